The van der Waals surface area contributed by atoms with Crippen LogP contribution >= 0.6 is 0 Å². The summed E-state index contributed by atoms with van der Waals surface area (Å²) in [4.78, 5) is 11.3. The summed E-state index contributed by atoms with van der Waals surface area (Å²) < 4.78 is 11.0. The van der Waals surface area contributed by atoms with Crippen molar-refractivity contribution in [2.45, 2.75) is 50.5 Å². The highest BCUT2D eigenvalue weighted by Crippen LogP contribution is 2.45. The third kappa shape index (κ3) is 5.40. The van der Waals surface area contributed by atoms with Gasteiger partial charge >= 0.3 is 5.97 Å². The summed E-state index contributed by atoms with van der Waals surface area (Å²) in [5.41, 5.74) is 2.68. The normalized spacial score (nSPS) is 15.3. The molecule has 0 saturated heterocycles. The highest BCUT2D eigenvalue weighted by atomic mass is 16.5. The fraction of sp³-hybridized carbons (Fsp3) is 0.450. The van der Waals surface area contributed by atoms with E-state index >= 15 is 0 Å². The lowest BCUT2D eigenvalue weighted by atomic mass is 9.91. The molecule has 7 nitrogen and oxygen atoms in total. The van der Waals surface area contributed by atoms with Gasteiger partial charge in [0.2, 0.25) is 0 Å². The number of benzene rings is 1. The lowest BCUT2D eigenvalue weighted by Gasteiger charge is -2.14. The predicted octanol–water partition coefficient (Wildman–Crippen LogP) is 3.92. The van der Waals surface area contributed by atoms with Crippen molar-refractivity contribution in [2.75, 3.05) is 6.61 Å². The van der Waals surface area contributed by atoms with Crippen molar-refractivity contribution in [1.82, 2.24) is 5.16 Å². The minimum Gasteiger partial charge on any atom is -0.481 e. The van der Waals surface area contributed by atoms with Crippen molar-refractivity contribution >= 4 is 12.2 Å². The number of carboxylic acid groups (broad SMARTS) is 1. The molecule has 3 rings (SSSR count). The molecule has 0 unspecified atom stereocenters. The van der Waals surface area contributed by atoms with E-state index < -0.39 is 5.97 Å². The van der Waals surface area contributed by atoms with Gasteiger partial charge in [-0.25, -0.2) is 0 Å². The fourth-order valence-electron chi connectivity index (χ4n) is 3.29. The summed E-state index contributed by atoms with van der Waals surface area (Å²) in [5, 5.41) is 25.2. The van der Waals surface area contributed by atoms with Gasteiger partial charge in [0.25, 0.3) is 0 Å². The van der Waals surface area contributed by atoms with Crippen molar-refractivity contribution in [3.63, 3.8) is 0 Å². The molecule has 0 amide bonds. The second kappa shape index (κ2) is 9.32. The van der Waals surface area contributed by atoms with Crippen LogP contribution < -0.4 is 0 Å². The van der Waals surface area contributed by atoms with Crippen LogP contribution in [0.3, 0.4) is 0 Å². The molecule has 1 saturated carbocycles. The number of hydrogen-bond acceptors (Lipinski definition) is 6. The van der Waals surface area contributed by atoms with Gasteiger partial charge in [0.05, 0.1) is 18.7 Å². The molecule has 1 aliphatic carbocycles. The van der Waals surface area contributed by atoms with E-state index in [1.807, 2.05) is 30.3 Å². The van der Waals surface area contributed by atoms with Gasteiger partial charge in [-0.15, -0.1) is 0 Å². The summed E-state index contributed by atoms with van der Waals surface area (Å²) >= 11 is 0. The molecule has 1 aliphatic rings. The Morgan fingerprint density at radius 3 is 2.81 bits per heavy atom. The van der Waals surface area contributed by atoms with E-state index in [0.29, 0.717) is 37.0 Å². The maximum Gasteiger partial charge on any atom is 0.304 e. The monoisotopic (exact) mass is 372 g/mol. The Kier molecular flexibility index (Phi) is 6.59. The lowest BCUT2D eigenvalue weighted by molar-refractivity contribution is -0.137. The highest BCUT2D eigenvalue weighted by Gasteiger charge is 2.35. The van der Waals surface area contributed by atoms with E-state index in [2.05, 4.69) is 10.3 Å². The van der Waals surface area contributed by atoms with Crippen LogP contribution in [0.1, 0.15) is 66.5 Å². The SMILES string of the molecule is O=C(O)C[C@H](CCCOCc1ccccc1)c1noc(/C=N\O)c1C1CC1. The number of oxime groups is 1. The van der Waals surface area contributed by atoms with E-state index in [9.17, 15) is 9.90 Å². The Balaban J connectivity index is 1.60. The van der Waals surface area contributed by atoms with Crippen LogP contribution in [0.5, 0.6) is 0 Å². The van der Waals surface area contributed by atoms with E-state index in [1.165, 1.54) is 6.21 Å². The van der Waals surface area contributed by atoms with Crippen LogP contribution in [0.15, 0.2) is 40.0 Å². The van der Waals surface area contributed by atoms with Crippen molar-refractivity contribution in [2.24, 2.45) is 5.16 Å². The smallest absolute Gasteiger partial charge is 0.304 e. The van der Waals surface area contributed by atoms with Crippen molar-refractivity contribution in [3.8, 4) is 0 Å². The lowest BCUT2D eigenvalue weighted by Crippen LogP contribution is -2.10. The number of ether oxygens (including phenoxy) is 1. The number of aliphatic carboxylic acids is 1. The van der Waals surface area contributed by atoms with Crippen LogP contribution in [0.4, 0.5) is 0 Å². The molecule has 27 heavy (non-hydrogen) atoms. The van der Waals surface area contributed by atoms with Crippen LogP contribution in [0.25, 0.3) is 0 Å². The molecular formula is C20H24N2O5. The van der Waals surface area contributed by atoms with Gasteiger partial charge < -0.3 is 19.6 Å². The Labute approximate surface area is 157 Å². The zero-order chi connectivity index (χ0) is 19.1. The van der Waals surface area contributed by atoms with E-state index in [0.717, 1.165) is 30.4 Å². The summed E-state index contributed by atoms with van der Waals surface area (Å²) in [6, 6.07) is 9.92. The Morgan fingerprint density at radius 1 is 1.37 bits per heavy atom. The summed E-state index contributed by atoms with van der Waals surface area (Å²) in [6.45, 7) is 1.09. The fourth-order valence-corrected chi connectivity index (χ4v) is 3.29. The number of aromatic nitrogens is 1. The van der Waals surface area contributed by atoms with Gasteiger partial charge in [-0.1, -0.05) is 40.6 Å². The Bertz CT molecular complexity index is 768. The van der Waals surface area contributed by atoms with E-state index in [4.69, 9.17) is 14.5 Å². The van der Waals surface area contributed by atoms with Crippen LogP contribution in [-0.2, 0) is 16.1 Å². The molecule has 1 fully saturated rings. The van der Waals surface area contributed by atoms with E-state index in [1.54, 1.807) is 0 Å². The maximum absolute atomic E-state index is 11.3. The largest absolute Gasteiger partial charge is 0.481 e. The summed E-state index contributed by atoms with van der Waals surface area (Å²) in [7, 11) is 0. The van der Waals surface area contributed by atoms with Gasteiger partial charge in [-0.05, 0) is 37.2 Å². The van der Waals surface area contributed by atoms with E-state index in [-0.39, 0.29) is 12.3 Å². The molecule has 1 aromatic carbocycles. The number of nitrogens with zero attached hydrogens (tertiary/aromatic N) is 2. The zero-order valence-corrected chi connectivity index (χ0v) is 15.1. The molecule has 2 aromatic rings. The molecule has 2 N–H and O–H groups in total. The average molecular weight is 372 g/mol. The number of rotatable bonds is 11. The first-order valence-electron chi connectivity index (χ1n) is 9.19. The molecule has 0 radical (unpaired) electrons. The number of carboxylic acids is 1. The van der Waals surface area contributed by atoms with Gasteiger partial charge in [0, 0.05) is 18.1 Å². The first-order chi connectivity index (χ1) is 13.2. The first-order valence-corrected chi connectivity index (χ1v) is 9.19. The quantitative estimate of drug-likeness (QED) is 0.268. The van der Waals surface area contributed by atoms with Gasteiger partial charge in [-0.3, -0.25) is 4.79 Å². The number of hydrogen-bond donors (Lipinski definition) is 2. The standard InChI is InChI=1S/C20H24N2O5/c23-18(24)11-16(7-4-10-26-13-14-5-2-1-3-6-14)20-19(15-8-9-15)17(12-21-25)27-22-20/h1-3,5-6,12,15-16,25H,4,7-11,13H2,(H,23,24)/b21-12-/t16-/m0/s1. The van der Waals surface area contributed by atoms with Gasteiger partial charge in [0.1, 0.15) is 6.21 Å². The summed E-state index contributed by atoms with van der Waals surface area (Å²) in [5.74, 6) is -0.383. The minimum absolute atomic E-state index is 0.0132. The molecule has 1 aromatic heterocycles. The summed E-state index contributed by atoms with van der Waals surface area (Å²) in [6.07, 6.45) is 4.61. The second-order valence-electron chi connectivity index (χ2n) is 6.84. The molecule has 0 bridgehead atoms. The maximum atomic E-state index is 11.3. The third-order valence-electron chi connectivity index (χ3n) is 4.70. The first kappa shape index (κ1) is 19.1. The molecule has 1 heterocycles. The second-order valence-corrected chi connectivity index (χ2v) is 6.84. The minimum atomic E-state index is -0.868. The van der Waals surface area contributed by atoms with Crippen molar-refractivity contribution < 1.29 is 24.4 Å². The van der Waals surface area contributed by atoms with Crippen LogP contribution in [-0.4, -0.2) is 34.3 Å². The molecule has 7 heteroatoms. The van der Waals surface area contributed by atoms with Crippen molar-refractivity contribution in [3.05, 3.63) is 52.9 Å². The Morgan fingerprint density at radius 2 is 2.15 bits per heavy atom. The van der Waals surface area contributed by atoms with Crippen molar-refractivity contribution in [1.29, 1.82) is 0 Å². The molecule has 0 spiro atoms. The molecular weight excluding hydrogens is 348 g/mol. The van der Waals surface area contributed by atoms with Crippen LogP contribution in [0, 0.1) is 0 Å². The van der Waals surface area contributed by atoms with Crippen LogP contribution in [0.2, 0.25) is 0 Å². The predicted molar refractivity (Wildman–Crippen MR) is 98.2 cm³/mol. The number of carbonyl (C=O) groups is 1. The molecule has 144 valence electrons. The average Bonchev–Trinajstić information content (AvgIpc) is 3.41. The zero-order valence-electron chi connectivity index (χ0n) is 15.1. The Hall–Kier alpha value is -2.67. The topological polar surface area (TPSA) is 105 Å². The highest BCUT2D eigenvalue weighted by molar-refractivity contribution is 5.78. The van der Waals surface area contributed by atoms with Gasteiger partial charge in [-0.2, -0.15) is 0 Å². The molecule has 0 aliphatic heterocycles. The third-order valence-corrected chi connectivity index (χ3v) is 4.70. The molecule has 1 atom stereocenters. The van der Waals surface area contributed by atoms with Gasteiger partial charge in [0.15, 0.2) is 5.76 Å².